The van der Waals surface area contributed by atoms with E-state index in [2.05, 4.69) is 70.1 Å². The standard InChI is InChI=1S/C16H26BrN3/c1-13(2)11-18-12-14-4-5-15(17)10-16(14)20-8-6-19(3)7-9-20/h4-5,10,13,18H,6-9,11-12H2,1-3H3. The summed E-state index contributed by atoms with van der Waals surface area (Å²) in [5.74, 6) is 0.692. The van der Waals surface area contributed by atoms with E-state index >= 15 is 0 Å². The van der Waals surface area contributed by atoms with Crippen LogP contribution < -0.4 is 10.2 Å². The molecule has 0 atom stereocenters. The summed E-state index contributed by atoms with van der Waals surface area (Å²) in [6.07, 6.45) is 0. The Hall–Kier alpha value is -0.580. The second-order valence-corrected chi connectivity index (χ2v) is 7.00. The topological polar surface area (TPSA) is 18.5 Å². The van der Waals surface area contributed by atoms with Gasteiger partial charge < -0.3 is 15.1 Å². The quantitative estimate of drug-likeness (QED) is 0.889. The SMILES string of the molecule is CC(C)CNCc1ccc(Br)cc1N1CCN(C)CC1. The minimum absolute atomic E-state index is 0.692. The molecule has 0 unspecified atom stereocenters. The van der Waals surface area contributed by atoms with Crippen molar-refractivity contribution in [1.29, 1.82) is 0 Å². The highest BCUT2D eigenvalue weighted by atomic mass is 79.9. The van der Waals surface area contributed by atoms with Gasteiger partial charge in [0.25, 0.3) is 0 Å². The fourth-order valence-electron chi connectivity index (χ4n) is 2.52. The number of piperazine rings is 1. The van der Waals surface area contributed by atoms with Gasteiger partial charge in [-0.3, -0.25) is 0 Å². The van der Waals surface area contributed by atoms with Crippen molar-refractivity contribution < 1.29 is 0 Å². The molecule has 0 aromatic heterocycles. The van der Waals surface area contributed by atoms with Gasteiger partial charge in [-0.25, -0.2) is 0 Å². The van der Waals surface area contributed by atoms with Crippen molar-refractivity contribution in [2.24, 2.45) is 5.92 Å². The molecule has 1 saturated heterocycles. The second-order valence-electron chi connectivity index (χ2n) is 6.09. The van der Waals surface area contributed by atoms with Gasteiger partial charge in [0.15, 0.2) is 0 Å². The zero-order valence-electron chi connectivity index (χ0n) is 12.8. The molecule has 1 N–H and O–H groups in total. The summed E-state index contributed by atoms with van der Waals surface area (Å²) in [4.78, 5) is 4.91. The smallest absolute Gasteiger partial charge is 0.0424 e. The summed E-state index contributed by atoms with van der Waals surface area (Å²) in [6.45, 7) is 11.0. The molecule has 1 aliphatic rings. The molecule has 112 valence electrons. The first-order valence-electron chi connectivity index (χ1n) is 7.49. The van der Waals surface area contributed by atoms with Crippen molar-refractivity contribution in [3.05, 3.63) is 28.2 Å². The highest BCUT2D eigenvalue weighted by molar-refractivity contribution is 9.10. The molecule has 2 rings (SSSR count). The van der Waals surface area contributed by atoms with E-state index in [1.807, 2.05) is 0 Å². The van der Waals surface area contributed by atoms with Crippen LogP contribution in [0.4, 0.5) is 5.69 Å². The number of rotatable bonds is 5. The van der Waals surface area contributed by atoms with Gasteiger partial charge in [-0.05, 0) is 37.2 Å². The van der Waals surface area contributed by atoms with Crippen LogP contribution in [0.25, 0.3) is 0 Å². The average Bonchev–Trinajstić information content (AvgIpc) is 2.41. The van der Waals surface area contributed by atoms with E-state index in [9.17, 15) is 0 Å². The fourth-order valence-corrected chi connectivity index (χ4v) is 2.87. The van der Waals surface area contributed by atoms with E-state index in [-0.39, 0.29) is 0 Å². The summed E-state index contributed by atoms with van der Waals surface area (Å²) in [5, 5.41) is 3.56. The molecule has 0 radical (unpaired) electrons. The van der Waals surface area contributed by atoms with Gasteiger partial charge in [0, 0.05) is 42.9 Å². The average molecular weight is 340 g/mol. The molecule has 0 bridgehead atoms. The molecule has 1 aliphatic heterocycles. The fraction of sp³-hybridized carbons (Fsp3) is 0.625. The lowest BCUT2D eigenvalue weighted by molar-refractivity contribution is 0.312. The van der Waals surface area contributed by atoms with Gasteiger partial charge in [0.1, 0.15) is 0 Å². The van der Waals surface area contributed by atoms with Crippen LogP contribution in [0.1, 0.15) is 19.4 Å². The van der Waals surface area contributed by atoms with Crippen LogP contribution in [0.5, 0.6) is 0 Å². The van der Waals surface area contributed by atoms with Crippen molar-refractivity contribution in [1.82, 2.24) is 10.2 Å². The van der Waals surface area contributed by atoms with Gasteiger partial charge in [-0.1, -0.05) is 35.8 Å². The molecule has 0 spiro atoms. The van der Waals surface area contributed by atoms with E-state index in [0.29, 0.717) is 5.92 Å². The maximum Gasteiger partial charge on any atom is 0.0424 e. The Bertz CT molecular complexity index is 426. The highest BCUT2D eigenvalue weighted by Gasteiger charge is 2.17. The first-order chi connectivity index (χ1) is 9.56. The Labute approximate surface area is 131 Å². The molecule has 3 nitrogen and oxygen atoms in total. The third kappa shape index (κ3) is 4.47. The lowest BCUT2D eigenvalue weighted by atomic mass is 10.1. The Morgan fingerprint density at radius 2 is 1.90 bits per heavy atom. The third-order valence-corrected chi connectivity index (χ3v) is 4.25. The van der Waals surface area contributed by atoms with Gasteiger partial charge in [-0.15, -0.1) is 0 Å². The van der Waals surface area contributed by atoms with Gasteiger partial charge in [0.2, 0.25) is 0 Å². The van der Waals surface area contributed by atoms with Crippen LogP contribution >= 0.6 is 15.9 Å². The van der Waals surface area contributed by atoms with E-state index in [0.717, 1.165) is 39.3 Å². The van der Waals surface area contributed by atoms with Crippen LogP contribution in [0.2, 0.25) is 0 Å². The number of halogens is 1. The van der Waals surface area contributed by atoms with Gasteiger partial charge >= 0.3 is 0 Å². The summed E-state index contributed by atoms with van der Waals surface area (Å²) in [5.41, 5.74) is 2.78. The van der Waals surface area contributed by atoms with E-state index in [4.69, 9.17) is 0 Å². The number of hydrogen-bond donors (Lipinski definition) is 1. The zero-order valence-corrected chi connectivity index (χ0v) is 14.4. The molecule has 4 heteroatoms. The van der Waals surface area contributed by atoms with Crippen LogP contribution in [0, 0.1) is 5.92 Å². The van der Waals surface area contributed by atoms with Crippen molar-refractivity contribution in [2.75, 3.05) is 44.7 Å². The highest BCUT2D eigenvalue weighted by Crippen LogP contribution is 2.26. The maximum atomic E-state index is 3.61. The Balaban J connectivity index is 2.07. The Morgan fingerprint density at radius 1 is 1.20 bits per heavy atom. The molecule has 0 saturated carbocycles. The molecule has 0 aliphatic carbocycles. The van der Waals surface area contributed by atoms with Gasteiger partial charge in [0.05, 0.1) is 0 Å². The number of benzene rings is 1. The Kier molecular flexibility index (Phi) is 5.87. The van der Waals surface area contributed by atoms with Crippen molar-refractivity contribution in [3.8, 4) is 0 Å². The van der Waals surface area contributed by atoms with E-state index < -0.39 is 0 Å². The summed E-state index contributed by atoms with van der Waals surface area (Å²) in [6, 6.07) is 6.65. The minimum atomic E-state index is 0.692. The predicted octanol–water partition coefficient (Wildman–Crippen LogP) is 2.95. The molecule has 20 heavy (non-hydrogen) atoms. The number of hydrogen-bond acceptors (Lipinski definition) is 3. The lowest BCUT2D eigenvalue weighted by Gasteiger charge is -2.35. The molecule has 1 fully saturated rings. The van der Waals surface area contributed by atoms with Gasteiger partial charge in [-0.2, -0.15) is 0 Å². The van der Waals surface area contributed by atoms with E-state index in [1.165, 1.54) is 15.7 Å². The minimum Gasteiger partial charge on any atom is -0.369 e. The van der Waals surface area contributed by atoms with Crippen LogP contribution in [-0.4, -0.2) is 44.7 Å². The molecule has 1 heterocycles. The normalized spacial score (nSPS) is 16.9. The lowest BCUT2D eigenvalue weighted by Crippen LogP contribution is -2.45. The number of nitrogens with zero attached hydrogens (tertiary/aromatic N) is 2. The number of anilines is 1. The Morgan fingerprint density at radius 3 is 2.55 bits per heavy atom. The summed E-state index contributed by atoms with van der Waals surface area (Å²) in [7, 11) is 2.20. The van der Waals surface area contributed by atoms with Crippen LogP contribution in [0.3, 0.4) is 0 Å². The third-order valence-electron chi connectivity index (χ3n) is 3.76. The number of likely N-dealkylation sites (N-methyl/N-ethyl adjacent to an activating group) is 1. The molecule has 1 aromatic rings. The predicted molar refractivity (Wildman–Crippen MR) is 90.4 cm³/mol. The zero-order chi connectivity index (χ0) is 14.5. The van der Waals surface area contributed by atoms with Crippen LogP contribution in [-0.2, 0) is 6.54 Å². The molecular formula is C16H26BrN3. The van der Waals surface area contributed by atoms with E-state index in [1.54, 1.807) is 0 Å². The second kappa shape index (κ2) is 7.43. The van der Waals surface area contributed by atoms with Crippen molar-refractivity contribution in [3.63, 3.8) is 0 Å². The monoisotopic (exact) mass is 339 g/mol. The molecule has 0 amide bonds. The van der Waals surface area contributed by atoms with Crippen molar-refractivity contribution >= 4 is 21.6 Å². The molecular weight excluding hydrogens is 314 g/mol. The first-order valence-corrected chi connectivity index (χ1v) is 8.28. The molecule has 1 aromatic carbocycles. The van der Waals surface area contributed by atoms with Crippen LogP contribution in [0.15, 0.2) is 22.7 Å². The summed E-state index contributed by atoms with van der Waals surface area (Å²) >= 11 is 3.61. The maximum absolute atomic E-state index is 3.61. The van der Waals surface area contributed by atoms with Crippen molar-refractivity contribution in [2.45, 2.75) is 20.4 Å². The first kappa shape index (κ1) is 15.8. The largest absolute Gasteiger partial charge is 0.369 e. The number of nitrogens with one attached hydrogen (secondary N) is 1. The summed E-state index contributed by atoms with van der Waals surface area (Å²) < 4.78 is 1.17.